The Bertz CT molecular complexity index is 877. The van der Waals surface area contributed by atoms with Gasteiger partial charge in [-0.25, -0.2) is 4.79 Å². The normalized spacial score (nSPS) is 10.5. The highest BCUT2D eigenvalue weighted by molar-refractivity contribution is 7.18. The summed E-state index contributed by atoms with van der Waals surface area (Å²) in [6.07, 6.45) is 0. The van der Waals surface area contributed by atoms with Crippen molar-refractivity contribution in [2.45, 2.75) is 26.8 Å². The Morgan fingerprint density at radius 1 is 1.18 bits per heavy atom. The summed E-state index contributed by atoms with van der Waals surface area (Å²) >= 11 is 6.82. The van der Waals surface area contributed by atoms with Crippen molar-refractivity contribution in [3.63, 3.8) is 0 Å². The number of halogens is 1. The van der Waals surface area contributed by atoms with Gasteiger partial charge in [0.15, 0.2) is 6.61 Å². The number of rotatable bonds is 7. The van der Waals surface area contributed by atoms with E-state index in [1.807, 2.05) is 13.8 Å². The van der Waals surface area contributed by atoms with Gasteiger partial charge in [-0.05, 0) is 50.6 Å². The van der Waals surface area contributed by atoms with Crippen LogP contribution >= 0.6 is 22.9 Å². The molecule has 0 spiro atoms. The van der Waals surface area contributed by atoms with Crippen LogP contribution in [0.25, 0.3) is 0 Å². The Labute approximate surface area is 172 Å². The summed E-state index contributed by atoms with van der Waals surface area (Å²) in [6.45, 7) is 5.03. The van der Waals surface area contributed by atoms with E-state index in [4.69, 9.17) is 21.1 Å². The number of hydrogen-bond acceptors (Lipinski definition) is 6. The molecule has 0 unspecified atom stereocenters. The minimum absolute atomic E-state index is 0.0682. The third-order valence-electron chi connectivity index (χ3n) is 3.60. The van der Waals surface area contributed by atoms with Gasteiger partial charge < -0.3 is 20.1 Å². The second kappa shape index (κ2) is 9.57. The molecule has 2 aromatic rings. The van der Waals surface area contributed by atoms with Crippen LogP contribution in [0, 0.1) is 6.92 Å². The van der Waals surface area contributed by atoms with Crippen LogP contribution in [0.1, 0.15) is 39.4 Å². The van der Waals surface area contributed by atoms with Crippen molar-refractivity contribution in [2.24, 2.45) is 0 Å². The highest BCUT2D eigenvalue weighted by Gasteiger charge is 2.26. The molecule has 2 amide bonds. The Balaban J connectivity index is 2.18. The van der Waals surface area contributed by atoms with Gasteiger partial charge in [0.1, 0.15) is 10.8 Å². The fourth-order valence-electron chi connectivity index (χ4n) is 2.34. The van der Waals surface area contributed by atoms with Crippen LogP contribution in [-0.4, -0.2) is 37.5 Å². The van der Waals surface area contributed by atoms with Crippen LogP contribution in [0.3, 0.4) is 0 Å². The number of ether oxygens (including phenoxy) is 2. The molecule has 1 aromatic heterocycles. The third-order valence-corrected chi connectivity index (χ3v) is 5.06. The lowest BCUT2D eigenvalue weighted by Gasteiger charge is -2.08. The molecule has 1 aromatic carbocycles. The van der Waals surface area contributed by atoms with Gasteiger partial charge in [0.05, 0.1) is 17.6 Å². The van der Waals surface area contributed by atoms with Crippen molar-refractivity contribution < 1.29 is 23.9 Å². The van der Waals surface area contributed by atoms with Gasteiger partial charge in [-0.1, -0.05) is 11.6 Å². The number of benzene rings is 1. The number of methoxy groups -OCH3 is 1. The van der Waals surface area contributed by atoms with Gasteiger partial charge >= 0.3 is 5.97 Å². The van der Waals surface area contributed by atoms with Gasteiger partial charge in [0.2, 0.25) is 0 Å². The van der Waals surface area contributed by atoms with Gasteiger partial charge in [0, 0.05) is 11.1 Å². The molecule has 0 aliphatic heterocycles. The van der Waals surface area contributed by atoms with Crippen molar-refractivity contribution in [3.05, 3.63) is 45.3 Å². The topological polar surface area (TPSA) is 93.7 Å². The zero-order valence-electron chi connectivity index (χ0n) is 15.9. The Kier molecular flexibility index (Phi) is 7.42. The maximum absolute atomic E-state index is 12.4. The van der Waals surface area contributed by atoms with E-state index in [-0.39, 0.29) is 29.1 Å². The summed E-state index contributed by atoms with van der Waals surface area (Å²) in [5.74, 6) is -0.948. The number of hydrogen-bond donors (Lipinski definition) is 2. The summed E-state index contributed by atoms with van der Waals surface area (Å²) < 4.78 is 10.2. The summed E-state index contributed by atoms with van der Waals surface area (Å²) in [5.41, 5.74) is 0.602. The molecular formula is C19H21ClN2O5S. The third kappa shape index (κ3) is 5.46. The van der Waals surface area contributed by atoms with Gasteiger partial charge in [-0.3, -0.25) is 9.59 Å². The minimum atomic E-state index is -0.633. The molecule has 2 N–H and O–H groups in total. The van der Waals surface area contributed by atoms with E-state index in [0.29, 0.717) is 21.2 Å². The molecule has 0 saturated carbocycles. The fourth-order valence-corrected chi connectivity index (χ4v) is 3.58. The van der Waals surface area contributed by atoms with Gasteiger partial charge in [-0.2, -0.15) is 0 Å². The number of carbonyl (C=O) groups is 3. The second-order valence-electron chi connectivity index (χ2n) is 6.17. The zero-order chi connectivity index (χ0) is 20.8. The molecule has 1 heterocycles. The molecule has 7 nitrogen and oxygen atoms in total. The standard InChI is InChI=1S/C19H21ClN2O5S/c1-10(2)21-17(24)16-11(3)15(19(25)26-4)18(28-16)22-14(23)9-27-13-7-5-12(20)6-8-13/h5-8,10H,9H2,1-4H3,(H,21,24)(H,22,23). The van der Waals surface area contributed by atoms with Crippen LogP contribution in [0.5, 0.6) is 5.75 Å². The first kappa shape index (κ1) is 21.7. The number of carbonyl (C=O) groups excluding carboxylic acids is 3. The van der Waals surface area contributed by atoms with E-state index in [1.54, 1.807) is 31.2 Å². The summed E-state index contributed by atoms with van der Waals surface area (Å²) in [4.78, 5) is 37.2. The van der Waals surface area contributed by atoms with E-state index < -0.39 is 11.9 Å². The molecule has 0 radical (unpaired) electrons. The lowest BCUT2D eigenvalue weighted by molar-refractivity contribution is -0.118. The predicted octanol–water partition coefficient (Wildman–Crippen LogP) is 3.65. The lowest BCUT2D eigenvalue weighted by Crippen LogP contribution is -2.29. The second-order valence-corrected chi connectivity index (χ2v) is 7.63. The van der Waals surface area contributed by atoms with Crippen molar-refractivity contribution in [1.82, 2.24) is 5.32 Å². The molecule has 0 atom stereocenters. The summed E-state index contributed by atoms with van der Waals surface area (Å²) in [7, 11) is 1.24. The molecule has 28 heavy (non-hydrogen) atoms. The largest absolute Gasteiger partial charge is 0.484 e. The highest BCUT2D eigenvalue weighted by atomic mass is 35.5. The summed E-state index contributed by atoms with van der Waals surface area (Å²) in [5, 5.41) is 6.19. The molecular weight excluding hydrogens is 404 g/mol. The number of anilines is 1. The van der Waals surface area contributed by atoms with Gasteiger partial charge in [0.25, 0.3) is 11.8 Å². The van der Waals surface area contributed by atoms with Crippen molar-refractivity contribution in [1.29, 1.82) is 0 Å². The number of amides is 2. The maximum Gasteiger partial charge on any atom is 0.341 e. The van der Waals surface area contributed by atoms with Crippen LogP contribution in [0.4, 0.5) is 5.00 Å². The Hall–Kier alpha value is -2.58. The molecule has 0 aliphatic rings. The average Bonchev–Trinajstić information content (AvgIpc) is 2.96. The zero-order valence-corrected chi connectivity index (χ0v) is 17.5. The van der Waals surface area contributed by atoms with Crippen molar-refractivity contribution in [3.8, 4) is 5.75 Å². The van der Waals surface area contributed by atoms with Crippen molar-refractivity contribution >= 4 is 45.7 Å². The number of thiophene rings is 1. The number of nitrogens with one attached hydrogen (secondary N) is 2. The van der Waals surface area contributed by atoms with E-state index >= 15 is 0 Å². The minimum Gasteiger partial charge on any atom is -0.484 e. The predicted molar refractivity (Wildman–Crippen MR) is 109 cm³/mol. The first-order valence-corrected chi connectivity index (χ1v) is 9.63. The Morgan fingerprint density at radius 2 is 1.82 bits per heavy atom. The molecule has 0 aliphatic carbocycles. The maximum atomic E-state index is 12.4. The number of esters is 1. The first-order valence-electron chi connectivity index (χ1n) is 8.43. The van der Waals surface area contributed by atoms with Crippen LogP contribution in [0.2, 0.25) is 5.02 Å². The van der Waals surface area contributed by atoms with Crippen LogP contribution in [0.15, 0.2) is 24.3 Å². The molecule has 0 saturated heterocycles. The smallest absolute Gasteiger partial charge is 0.341 e. The van der Waals surface area contributed by atoms with Gasteiger partial charge in [-0.15, -0.1) is 11.3 Å². The first-order chi connectivity index (χ1) is 13.2. The van der Waals surface area contributed by atoms with Crippen molar-refractivity contribution in [2.75, 3.05) is 19.0 Å². The monoisotopic (exact) mass is 424 g/mol. The molecule has 150 valence electrons. The quantitative estimate of drug-likeness (QED) is 0.661. The van der Waals surface area contributed by atoms with E-state index in [2.05, 4.69) is 10.6 Å². The SMILES string of the molecule is COC(=O)c1c(NC(=O)COc2ccc(Cl)cc2)sc(C(=O)NC(C)C)c1C. The van der Waals surface area contributed by atoms with E-state index in [9.17, 15) is 14.4 Å². The van der Waals surface area contributed by atoms with E-state index in [0.717, 1.165) is 11.3 Å². The summed E-state index contributed by atoms with van der Waals surface area (Å²) in [6, 6.07) is 6.50. The van der Waals surface area contributed by atoms with Crippen LogP contribution in [-0.2, 0) is 9.53 Å². The molecule has 2 rings (SSSR count). The highest BCUT2D eigenvalue weighted by Crippen LogP contribution is 2.33. The molecule has 0 bridgehead atoms. The molecule has 9 heteroatoms. The lowest BCUT2D eigenvalue weighted by atomic mass is 10.1. The fraction of sp³-hybridized carbons (Fsp3) is 0.316. The molecule has 0 fully saturated rings. The van der Waals surface area contributed by atoms with E-state index in [1.165, 1.54) is 7.11 Å². The average molecular weight is 425 g/mol. The van der Waals surface area contributed by atoms with Crippen LogP contribution < -0.4 is 15.4 Å². The Morgan fingerprint density at radius 3 is 2.39 bits per heavy atom.